The Kier molecular flexibility index (Phi) is 5.85. The molecule has 2 heterocycles. The quantitative estimate of drug-likeness (QED) is 0.459. The van der Waals surface area contributed by atoms with Crippen molar-refractivity contribution in [3.05, 3.63) is 70.6 Å². The van der Waals surface area contributed by atoms with Crippen molar-refractivity contribution in [3.63, 3.8) is 0 Å². The number of carbonyl (C=O) groups excluding carboxylic acids is 1. The number of ether oxygens (including phenoxy) is 3. The van der Waals surface area contributed by atoms with Gasteiger partial charge in [0.05, 0.1) is 31.6 Å². The van der Waals surface area contributed by atoms with Crippen LogP contribution in [0.25, 0.3) is 22.5 Å². The Labute approximate surface area is 183 Å². The van der Waals surface area contributed by atoms with Crippen molar-refractivity contribution in [2.24, 2.45) is 0 Å². The second-order valence-electron chi connectivity index (χ2n) is 6.97. The molecule has 164 valence electrons. The Morgan fingerprint density at radius 3 is 2.62 bits per heavy atom. The average Bonchev–Trinajstić information content (AvgIpc) is 3.33. The number of anilines is 1. The Morgan fingerprint density at radius 2 is 1.91 bits per heavy atom. The van der Waals surface area contributed by atoms with Gasteiger partial charge in [-0.2, -0.15) is 0 Å². The highest BCUT2D eigenvalue weighted by Gasteiger charge is 2.21. The van der Waals surface area contributed by atoms with E-state index in [0.717, 1.165) is 5.56 Å². The molecule has 8 heteroatoms. The number of methoxy groups -OCH3 is 2. The first-order chi connectivity index (χ1) is 15.5. The number of aryl methyl sites for hydroxylation is 1. The number of amides is 1. The van der Waals surface area contributed by atoms with Crippen molar-refractivity contribution in [1.82, 2.24) is 0 Å². The highest BCUT2D eigenvalue weighted by Crippen LogP contribution is 2.32. The van der Waals surface area contributed by atoms with E-state index in [2.05, 4.69) is 5.32 Å². The monoisotopic (exact) mass is 435 g/mol. The number of carbonyl (C=O) groups is 1. The second kappa shape index (κ2) is 8.89. The highest BCUT2D eigenvalue weighted by molar-refractivity contribution is 5.94. The number of fused-ring (bicyclic) bond motifs is 1. The lowest BCUT2D eigenvalue weighted by Gasteiger charge is -2.13. The summed E-state index contributed by atoms with van der Waals surface area (Å²) >= 11 is 0. The van der Waals surface area contributed by atoms with E-state index in [-0.39, 0.29) is 11.5 Å². The van der Waals surface area contributed by atoms with Crippen molar-refractivity contribution in [1.29, 1.82) is 0 Å². The molecule has 8 nitrogen and oxygen atoms in total. The van der Waals surface area contributed by atoms with Gasteiger partial charge in [0.1, 0.15) is 17.1 Å². The van der Waals surface area contributed by atoms with Crippen molar-refractivity contribution >= 4 is 22.6 Å². The standard InChI is InChI=1S/C24H21NO7/c1-14-6-8-18-16(11-14)22(27)24(23(32-18)20-5-4-10-30-20)31-13-21(26)25-17-12-15(28-2)7-9-19(17)29-3/h4-12H,13H2,1-3H3,(H,25,26). The molecule has 0 atom stereocenters. The molecule has 0 aliphatic heterocycles. The third-order valence-corrected chi connectivity index (χ3v) is 4.78. The summed E-state index contributed by atoms with van der Waals surface area (Å²) in [6.07, 6.45) is 1.46. The Bertz CT molecular complexity index is 1320. The zero-order valence-corrected chi connectivity index (χ0v) is 17.8. The third kappa shape index (κ3) is 4.15. The number of benzene rings is 2. The maximum absolute atomic E-state index is 13.2. The third-order valence-electron chi connectivity index (χ3n) is 4.78. The number of hydrogen-bond acceptors (Lipinski definition) is 7. The minimum absolute atomic E-state index is 0.106. The van der Waals surface area contributed by atoms with Crippen LogP contribution in [0.15, 0.2) is 68.4 Å². The molecule has 0 saturated heterocycles. The second-order valence-corrected chi connectivity index (χ2v) is 6.97. The van der Waals surface area contributed by atoms with Crippen molar-refractivity contribution in [2.75, 3.05) is 26.1 Å². The van der Waals surface area contributed by atoms with E-state index in [1.54, 1.807) is 42.5 Å². The largest absolute Gasteiger partial charge is 0.497 e. The minimum atomic E-state index is -0.495. The number of rotatable bonds is 7. The number of furan rings is 1. The topological polar surface area (TPSA) is 100 Å². The van der Waals surface area contributed by atoms with Gasteiger partial charge >= 0.3 is 0 Å². The molecule has 4 aromatic rings. The normalized spacial score (nSPS) is 10.7. The SMILES string of the molecule is COc1ccc(OC)c(NC(=O)COc2c(-c3ccco3)oc3ccc(C)cc3c2=O)c1. The van der Waals surface area contributed by atoms with Gasteiger partial charge in [-0.1, -0.05) is 11.6 Å². The van der Waals surface area contributed by atoms with Gasteiger partial charge in [-0.15, -0.1) is 0 Å². The fourth-order valence-electron chi connectivity index (χ4n) is 3.23. The van der Waals surface area contributed by atoms with Crippen LogP contribution in [0, 0.1) is 6.92 Å². The summed E-state index contributed by atoms with van der Waals surface area (Å²) in [6, 6.07) is 13.6. The maximum atomic E-state index is 13.2. The van der Waals surface area contributed by atoms with Gasteiger partial charge in [-0.25, -0.2) is 0 Å². The van der Waals surface area contributed by atoms with Crippen LogP contribution in [-0.2, 0) is 4.79 Å². The molecule has 0 unspecified atom stereocenters. The van der Waals surface area contributed by atoms with Crippen molar-refractivity contribution < 1.29 is 27.8 Å². The molecule has 0 aliphatic rings. The van der Waals surface area contributed by atoms with E-state index in [9.17, 15) is 9.59 Å². The van der Waals surface area contributed by atoms with Gasteiger partial charge in [0.25, 0.3) is 5.91 Å². The Balaban J connectivity index is 1.64. The summed E-state index contributed by atoms with van der Waals surface area (Å²) < 4.78 is 27.4. The minimum Gasteiger partial charge on any atom is -0.497 e. The van der Waals surface area contributed by atoms with E-state index >= 15 is 0 Å². The zero-order valence-electron chi connectivity index (χ0n) is 17.8. The van der Waals surface area contributed by atoms with Gasteiger partial charge in [-0.05, 0) is 43.3 Å². The predicted octanol–water partition coefficient (Wildman–Crippen LogP) is 4.40. The molecule has 1 N–H and O–H groups in total. The van der Waals surface area contributed by atoms with Gasteiger partial charge in [0.15, 0.2) is 12.4 Å². The molecular weight excluding hydrogens is 414 g/mol. The van der Waals surface area contributed by atoms with Gasteiger partial charge < -0.3 is 28.4 Å². The van der Waals surface area contributed by atoms with Crippen LogP contribution < -0.4 is 25.0 Å². The zero-order chi connectivity index (χ0) is 22.7. The highest BCUT2D eigenvalue weighted by atomic mass is 16.5. The molecule has 2 aromatic heterocycles. The fraction of sp³-hybridized carbons (Fsp3) is 0.167. The molecule has 4 rings (SSSR count). The first kappa shape index (κ1) is 21.0. The summed E-state index contributed by atoms with van der Waals surface area (Å²) in [5.41, 5.74) is 1.30. The van der Waals surface area contributed by atoms with Gasteiger partial charge in [0, 0.05) is 6.07 Å². The van der Waals surface area contributed by atoms with E-state index in [1.807, 2.05) is 13.0 Å². The van der Waals surface area contributed by atoms with Crippen LogP contribution in [0.3, 0.4) is 0 Å². The lowest BCUT2D eigenvalue weighted by atomic mass is 10.1. The molecule has 0 aliphatic carbocycles. The van der Waals surface area contributed by atoms with E-state index in [0.29, 0.717) is 33.9 Å². The smallest absolute Gasteiger partial charge is 0.262 e. The summed E-state index contributed by atoms with van der Waals surface area (Å²) in [7, 11) is 3.01. The lowest BCUT2D eigenvalue weighted by molar-refractivity contribution is -0.118. The van der Waals surface area contributed by atoms with Crippen LogP contribution in [0.4, 0.5) is 5.69 Å². The molecule has 0 radical (unpaired) electrons. The fourth-order valence-corrected chi connectivity index (χ4v) is 3.23. The van der Waals surface area contributed by atoms with E-state index in [1.165, 1.54) is 20.5 Å². The molecule has 32 heavy (non-hydrogen) atoms. The van der Waals surface area contributed by atoms with Crippen LogP contribution in [0.5, 0.6) is 17.2 Å². The molecular formula is C24H21NO7. The van der Waals surface area contributed by atoms with E-state index < -0.39 is 17.9 Å². The number of hydrogen-bond donors (Lipinski definition) is 1. The van der Waals surface area contributed by atoms with Crippen LogP contribution in [0.2, 0.25) is 0 Å². The van der Waals surface area contributed by atoms with Gasteiger partial charge in [0.2, 0.25) is 16.9 Å². The maximum Gasteiger partial charge on any atom is 0.262 e. The molecule has 1 amide bonds. The predicted molar refractivity (Wildman–Crippen MR) is 119 cm³/mol. The first-order valence-electron chi connectivity index (χ1n) is 9.76. The lowest BCUT2D eigenvalue weighted by Crippen LogP contribution is -2.23. The molecule has 0 spiro atoms. The molecule has 0 fully saturated rings. The van der Waals surface area contributed by atoms with Crippen LogP contribution in [0.1, 0.15) is 5.56 Å². The van der Waals surface area contributed by atoms with E-state index in [4.69, 9.17) is 23.0 Å². The van der Waals surface area contributed by atoms with Crippen LogP contribution >= 0.6 is 0 Å². The van der Waals surface area contributed by atoms with Gasteiger partial charge in [-0.3, -0.25) is 9.59 Å². The Hall–Kier alpha value is -4.20. The van der Waals surface area contributed by atoms with Crippen molar-refractivity contribution in [2.45, 2.75) is 6.92 Å². The van der Waals surface area contributed by atoms with Crippen LogP contribution in [-0.4, -0.2) is 26.7 Å². The molecule has 0 bridgehead atoms. The molecule has 2 aromatic carbocycles. The summed E-state index contributed by atoms with van der Waals surface area (Å²) in [5, 5.41) is 3.05. The molecule has 0 saturated carbocycles. The van der Waals surface area contributed by atoms with Crippen molar-refractivity contribution in [3.8, 4) is 28.8 Å². The summed E-state index contributed by atoms with van der Waals surface area (Å²) in [4.78, 5) is 25.7. The summed E-state index contributed by atoms with van der Waals surface area (Å²) in [6.45, 7) is 1.44. The Morgan fingerprint density at radius 1 is 1.06 bits per heavy atom. The number of nitrogens with one attached hydrogen (secondary N) is 1. The summed E-state index contributed by atoms with van der Waals surface area (Å²) in [5.74, 6) is 0.831. The average molecular weight is 435 g/mol. The first-order valence-corrected chi connectivity index (χ1v) is 9.76.